The molecule has 0 saturated heterocycles. The van der Waals surface area contributed by atoms with E-state index in [4.69, 9.17) is 10.5 Å². The molecule has 1 aromatic carbocycles. The van der Waals surface area contributed by atoms with E-state index in [-0.39, 0.29) is 5.91 Å². The van der Waals surface area contributed by atoms with Gasteiger partial charge in [0, 0.05) is 18.8 Å². The van der Waals surface area contributed by atoms with Gasteiger partial charge < -0.3 is 15.8 Å². The molecule has 98 valence electrons. The van der Waals surface area contributed by atoms with Crippen molar-refractivity contribution in [3.05, 3.63) is 29.3 Å². The van der Waals surface area contributed by atoms with Gasteiger partial charge in [0.05, 0.1) is 12.2 Å². The second kappa shape index (κ2) is 5.87. The van der Waals surface area contributed by atoms with Crippen LogP contribution in [0.1, 0.15) is 28.8 Å². The molecule has 1 aliphatic rings. The highest BCUT2D eigenvalue weighted by molar-refractivity contribution is 5.99. The number of nitrogen functional groups attached to an aromatic ring is 1. The molecule has 0 aliphatic heterocycles. The third kappa shape index (κ3) is 3.47. The average molecular weight is 248 g/mol. The Morgan fingerprint density at radius 1 is 1.50 bits per heavy atom. The zero-order chi connectivity index (χ0) is 13.0. The van der Waals surface area contributed by atoms with Gasteiger partial charge in [-0.3, -0.25) is 4.79 Å². The van der Waals surface area contributed by atoms with Crippen LogP contribution in [-0.4, -0.2) is 25.7 Å². The van der Waals surface area contributed by atoms with Gasteiger partial charge in [0.2, 0.25) is 0 Å². The van der Waals surface area contributed by atoms with Crippen LogP contribution in [-0.2, 0) is 4.74 Å². The Bertz CT molecular complexity index is 428. The lowest BCUT2D eigenvalue weighted by Gasteiger charge is -2.09. The van der Waals surface area contributed by atoms with E-state index in [1.165, 1.54) is 12.8 Å². The molecule has 4 nitrogen and oxygen atoms in total. The highest BCUT2D eigenvalue weighted by Crippen LogP contribution is 2.28. The van der Waals surface area contributed by atoms with Crippen molar-refractivity contribution in [2.24, 2.45) is 5.92 Å². The zero-order valence-electron chi connectivity index (χ0n) is 10.7. The molecule has 0 aromatic heterocycles. The number of carbonyl (C=O) groups excluding carboxylic acids is 1. The van der Waals surface area contributed by atoms with Crippen LogP contribution in [0.15, 0.2) is 18.2 Å². The molecular formula is C14H20N2O2. The lowest BCUT2D eigenvalue weighted by Crippen LogP contribution is -2.28. The number of nitrogens with two attached hydrogens (primary N) is 1. The Balaban J connectivity index is 1.74. The molecular weight excluding hydrogens is 228 g/mol. The van der Waals surface area contributed by atoms with E-state index in [1.807, 2.05) is 19.1 Å². The quantitative estimate of drug-likeness (QED) is 0.595. The Morgan fingerprint density at radius 3 is 3.00 bits per heavy atom. The van der Waals surface area contributed by atoms with Crippen molar-refractivity contribution in [3.8, 4) is 0 Å². The van der Waals surface area contributed by atoms with Gasteiger partial charge in [0.1, 0.15) is 0 Å². The normalized spacial score (nSPS) is 14.5. The molecule has 0 atom stereocenters. The molecule has 1 saturated carbocycles. The van der Waals surface area contributed by atoms with Crippen molar-refractivity contribution in [2.45, 2.75) is 19.8 Å². The molecule has 0 unspecified atom stereocenters. The van der Waals surface area contributed by atoms with Crippen LogP contribution >= 0.6 is 0 Å². The van der Waals surface area contributed by atoms with Gasteiger partial charge in [-0.25, -0.2) is 0 Å². The first-order chi connectivity index (χ1) is 8.68. The largest absolute Gasteiger partial charge is 0.398 e. The van der Waals surface area contributed by atoms with Crippen molar-refractivity contribution in [2.75, 3.05) is 25.5 Å². The topological polar surface area (TPSA) is 64.3 Å². The number of anilines is 1. The molecule has 18 heavy (non-hydrogen) atoms. The number of carbonyl (C=O) groups is 1. The van der Waals surface area contributed by atoms with Crippen LogP contribution in [0, 0.1) is 12.8 Å². The molecule has 1 aliphatic carbocycles. The SMILES string of the molecule is Cc1cccc(C(=O)NCCOCC2CC2)c1N. The van der Waals surface area contributed by atoms with Crippen LogP contribution in [0.25, 0.3) is 0 Å². The molecule has 2 rings (SSSR count). The van der Waals surface area contributed by atoms with Gasteiger partial charge in [-0.2, -0.15) is 0 Å². The van der Waals surface area contributed by atoms with E-state index >= 15 is 0 Å². The first-order valence-corrected chi connectivity index (χ1v) is 6.39. The van der Waals surface area contributed by atoms with Crippen LogP contribution in [0.5, 0.6) is 0 Å². The minimum absolute atomic E-state index is 0.133. The summed E-state index contributed by atoms with van der Waals surface area (Å²) >= 11 is 0. The smallest absolute Gasteiger partial charge is 0.253 e. The first-order valence-electron chi connectivity index (χ1n) is 6.39. The standard InChI is InChI=1S/C14H20N2O2/c1-10-3-2-4-12(13(10)15)14(17)16-7-8-18-9-11-5-6-11/h2-4,11H,5-9,15H2,1H3,(H,16,17). The summed E-state index contributed by atoms with van der Waals surface area (Å²) in [5.74, 6) is 0.624. The summed E-state index contributed by atoms with van der Waals surface area (Å²) < 4.78 is 5.45. The highest BCUT2D eigenvalue weighted by Gasteiger charge is 2.20. The Labute approximate surface area is 108 Å². The van der Waals surface area contributed by atoms with Crippen molar-refractivity contribution < 1.29 is 9.53 Å². The molecule has 1 fully saturated rings. The summed E-state index contributed by atoms with van der Waals surface area (Å²) in [6.07, 6.45) is 2.57. The molecule has 0 bridgehead atoms. The van der Waals surface area contributed by atoms with E-state index in [9.17, 15) is 4.79 Å². The van der Waals surface area contributed by atoms with Crippen molar-refractivity contribution in [3.63, 3.8) is 0 Å². The fourth-order valence-corrected chi connectivity index (χ4v) is 1.75. The van der Waals surface area contributed by atoms with Gasteiger partial charge in [-0.05, 0) is 37.3 Å². The number of hydrogen-bond acceptors (Lipinski definition) is 3. The fourth-order valence-electron chi connectivity index (χ4n) is 1.75. The first kappa shape index (κ1) is 12.9. The van der Waals surface area contributed by atoms with Crippen LogP contribution in [0.3, 0.4) is 0 Å². The fraction of sp³-hybridized carbons (Fsp3) is 0.500. The number of para-hydroxylation sites is 1. The monoisotopic (exact) mass is 248 g/mol. The molecule has 1 aromatic rings. The number of ether oxygens (including phenoxy) is 1. The number of amides is 1. The molecule has 1 amide bonds. The summed E-state index contributed by atoms with van der Waals surface area (Å²) in [5.41, 5.74) is 7.88. The van der Waals surface area contributed by atoms with E-state index in [0.717, 1.165) is 18.1 Å². The maximum Gasteiger partial charge on any atom is 0.253 e. The lowest BCUT2D eigenvalue weighted by atomic mass is 10.1. The lowest BCUT2D eigenvalue weighted by molar-refractivity contribution is 0.0907. The molecule has 0 spiro atoms. The summed E-state index contributed by atoms with van der Waals surface area (Å²) in [6, 6.07) is 5.47. The molecule has 0 radical (unpaired) electrons. The third-order valence-corrected chi connectivity index (χ3v) is 3.15. The van der Waals surface area contributed by atoms with E-state index in [0.29, 0.717) is 24.4 Å². The summed E-state index contributed by atoms with van der Waals surface area (Å²) in [6.45, 7) is 3.81. The van der Waals surface area contributed by atoms with Gasteiger partial charge in [0.25, 0.3) is 5.91 Å². The molecule has 3 N–H and O–H groups in total. The number of aryl methyl sites for hydroxylation is 1. The van der Waals surface area contributed by atoms with Gasteiger partial charge in [0.15, 0.2) is 0 Å². The predicted molar refractivity (Wildman–Crippen MR) is 71.5 cm³/mol. The van der Waals surface area contributed by atoms with E-state index in [1.54, 1.807) is 6.07 Å². The number of nitrogens with one attached hydrogen (secondary N) is 1. The Hall–Kier alpha value is -1.55. The van der Waals surface area contributed by atoms with Gasteiger partial charge in [-0.15, -0.1) is 0 Å². The summed E-state index contributed by atoms with van der Waals surface area (Å²) in [7, 11) is 0. The minimum atomic E-state index is -0.133. The zero-order valence-corrected chi connectivity index (χ0v) is 10.7. The van der Waals surface area contributed by atoms with E-state index < -0.39 is 0 Å². The van der Waals surface area contributed by atoms with Gasteiger partial charge in [-0.1, -0.05) is 12.1 Å². The van der Waals surface area contributed by atoms with Gasteiger partial charge >= 0.3 is 0 Å². The average Bonchev–Trinajstić information content (AvgIpc) is 3.16. The van der Waals surface area contributed by atoms with Crippen molar-refractivity contribution >= 4 is 11.6 Å². The van der Waals surface area contributed by atoms with Crippen molar-refractivity contribution in [1.82, 2.24) is 5.32 Å². The number of hydrogen-bond donors (Lipinski definition) is 2. The maximum atomic E-state index is 11.9. The second-order valence-corrected chi connectivity index (χ2v) is 4.81. The Morgan fingerprint density at radius 2 is 2.28 bits per heavy atom. The summed E-state index contributed by atoms with van der Waals surface area (Å²) in [5, 5.41) is 2.82. The molecule has 0 heterocycles. The van der Waals surface area contributed by atoms with Crippen LogP contribution in [0.2, 0.25) is 0 Å². The summed E-state index contributed by atoms with van der Waals surface area (Å²) in [4.78, 5) is 11.9. The highest BCUT2D eigenvalue weighted by atomic mass is 16.5. The molecule has 4 heteroatoms. The van der Waals surface area contributed by atoms with Crippen LogP contribution in [0.4, 0.5) is 5.69 Å². The maximum absolute atomic E-state index is 11.9. The minimum Gasteiger partial charge on any atom is -0.398 e. The number of benzene rings is 1. The Kier molecular flexibility index (Phi) is 4.20. The number of rotatable bonds is 6. The predicted octanol–water partition coefficient (Wildman–Crippen LogP) is 1.73. The van der Waals surface area contributed by atoms with E-state index in [2.05, 4.69) is 5.32 Å². The van der Waals surface area contributed by atoms with Crippen molar-refractivity contribution in [1.29, 1.82) is 0 Å². The second-order valence-electron chi connectivity index (χ2n) is 4.81. The third-order valence-electron chi connectivity index (χ3n) is 3.15. The van der Waals surface area contributed by atoms with Crippen LogP contribution < -0.4 is 11.1 Å².